The Labute approximate surface area is 155 Å². The normalized spacial score (nSPS) is 13.0. The first-order valence-corrected chi connectivity index (χ1v) is 8.40. The molecule has 1 fully saturated rings. The van der Waals surface area contributed by atoms with Gasteiger partial charge in [0.2, 0.25) is 0 Å². The number of nitrogens with zero attached hydrogens (tertiary/aromatic N) is 1. The highest BCUT2D eigenvalue weighted by Crippen LogP contribution is 2.36. The van der Waals surface area contributed by atoms with Crippen LogP contribution in [0.1, 0.15) is 33.8 Å². The lowest BCUT2D eigenvalue weighted by atomic mass is 10.2. The van der Waals surface area contributed by atoms with Gasteiger partial charge < -0.3 is 20.1 Å². The molecule has 0 saturated heterocycles. The number of hydrogen-bond donors (Lipinski definition) is 2. The van der Waals surface area contributed by atoms with Crippen LogP contribution in [0.3, 0.4) is 0 Å². The highest BCUT2D eigenvalue weighted by Gasteiger charge is 2.24. The Morgan fingerprint density at radius 2 is 1.73 bits per heavy atom. The molecule has 3 rings (SSSR count). The van der Waals surface area contributed by atoms with E-state index in [9.17, 15) is 9.59 Å². The lowest BCUT2D eigenvalue weighted by Gasteiger charge is -2.13. The number of pyridine rings is 1. The Morgan fingerprint density at radius 3 is 2.35 bits per heavy atom. The second-order valence-corrected chi connectivity index (χ2v) is 6.20. The number of benzene rings is 1. The summed E-state index contributed by atoms with van der Waals surface area (Å²) in [7, 11) is 2.94. The largest absolute Gasteiger partial charge is 0.495 e. The Hall–Kier alpha value is -2.80. The number of amides is 2. The molecular weight excluding hydrogens is 358 g/mol. The fraction of sp³-hybridized carbons (Fsp3) is 0.278. The Kier molecular flexibility index (Phi) is 5.27. The van der Waals surface area contributed by atoms with E-state index in [1.54, 1.807) is 24.3 Å². The third-order valence-corrected chi connectivity index (χ3v) is 4.14. The number of aromatic nitrogens is 1. The molecule has 1 aliphatic carbocycles. The van der Waals surface area contributed by atoms with Gasteiger partial charge in [0.15, 0.2) is 0 Å². The molecule has 1 aliphatic rings. The van der Waals surface area contributed by atoms with Crippen LogP contribution in [0.25, 0.3) is 0 Å². The summed E-state index contributed by atoms with van der Waals surface area (Å²) in [5.74, 6) is 0.0155. The van der Waals surface area contributed by atoms with Gasteiger partial charge in [-0.1, -0.05) is 17.7 Å². The molecule has 2 aromatic rings. The lowest BCUT2D eigenvalue weighted by molar-refractivity contribution is 0.0946. The van der Waals surface area contributed by atoms with E-state index in [1.165, 1.54) is 20.3 Å². The molecule has 26 heavy (non-hydrogen) atoms. The molecule has 2 N–H and O–H groups in total. The molecule has 7 nitrogen and oxygen atoms in total. The van der Waals surface area contributed by atoms with Gasteiger partial charge in [0.05, 0.1) is 24.9 Å². The molecule has 2 amide bonds. The van der Waals surface area contributed by atoms with Gasteiger partial charge >= 0.3 is 0 Å². The summed E-state index contributed by atoms with van der Waals surface area (Å²) in [6.45, 7) is 0. The molecule has 0 bridgehead atoms. The molecule has 1 aromatic heterocycles. The van der Waals surface area contributed by atoms with E-state index < -0.39 is 5.91 Å². The maximum absolute atomic E-state index is 12.5. The molecule has 136 valence electrons. The Morgan fingerprint density at radius 1 is 1.08 bits per heavy atom. The summed E-state index contributed by atoms with van der Waals surface area (Å²) >= 11 is 6.06. The summed E-state index contributed by atoms with van der Waals surface area (Å²) in [4.78, 5) is 28.8. The zero-order chi connectivity index (χ0) is 18.7. The summed E-state index contributed by atoms with van der Waals surface area (Å²) in [5.41, 5.74) is 0.697. The van der Waals surface area contributed by atoms with Gasteiger partial charge in [-0.2, -0.15) is 0 Å². The van der Waals surface area contributed by atoms with Crippen molar-refractivity contribution in [3.05, 3.63) is 46.7 Å². The number of anilines is 1. The highest BCUT2D eigenvalue weighted by molar-refractivity contribution is 6.32. The monoisotopic (exact) mass is 375 g/mol. The van der Waals surface area contributed by atoms with E-state index in [-0.39, 0.29) is 23.3 Å². The molecule has 0 atom stereocenters. The van der Waals surface area contributed by atoms with Crippen LogP contribution in [0, 0.1) is 0 Å². The minimum absolute atomic E-state index is 0.115. The summed E-state index contributed by atoms with van der Waals surface area (Å²) in [6.07, 6.45) is 1.95. The SMILES string of the molecule is COc1cc(NC(=O)c2cccc(C(=O)NC3CC3)n2)c(OC)cc1Cl. The zero-order valence-electron chi connectivity index (χ0n) is 14.3. The van der Waals surface area contributed by atoms with Crippen LogP contribution in [0.15, 0.2) is 30.3 Å². The van der Waals surface area contributed by atoms with Gasteiger partial charge in [-0.25, -0.2) is 4.98 Å². The first-order chi connectivity index (χ1) is 12.5. The summed E-state index contributed by atoms with van der Waals surface area (Å²) in [5, 5.41) is 5.90. The van der Waals surface area contributed by atoms with Crippen LogP contribution < -0.4 is 20.1 Å². The number of ether oxygens (including phenoxy) is 2. The quantitative estimate of drug-likeness (QED) is 0.810. The topological polar surface area (TPSA) is 89.5 Å². The number of nitrogens with one attached hydrogen (secondary N) is 2. The van der Waals surface area contributed by atoms with Gasteiger partial charge in [0.1, 0.15) is 22.9 Å². The molecule has 1 aromatic carbocycles. The third kappa shape index (κ3) is 4.05. The van der Waals surface area contributed by atoms with Gasteiger partial charge in [-0.3, -0.25) is 9.59 Å². The van der Waals surface area contributed by atoms with Gasteiger partial charge in [-0.05, 0) is 25.0 Å². The van der Waals surface area contributed by atoms with Crippen LogP contribution >= 0.6 is 11.6 Å². The smallest absolute Gasteiger partial charge is 0.274 e. The van der Waals surface area contributed by atoms with E-state index in [2.05, 4.69) is 15.6 Å². The van der Waals surface area contributed by atoms with Crippen LogP contribution in [-0.2, 0) is 0 Å². The molecule has 1 saturated carbocycles. The van der Waals surface area contributed by atoms with Crippen LogP contribution in [0.2, 0.25) is 5.02 Å². The Balaban J connectivity index is 1.80. The van der Waals surface area contributed by atoms with Crippen molar-refractivity contribution in [1.82, 2.24) is 10.3 Å². The van der Waals surface area contributed by atoms with Crippen LogP contribution in [0.4, 0.5) is 5.69 Å². The van der Waals surface area contributed by atoms with Crippen molar-refractivity contribution in [3.8, 4) is 11.5 Å². The first kappa shape index (κ1) is 18.0. The molecule has 1 heterocycles. The van der Waals surface area contributed by atoms with E-state index >= 15 is 0 Å². The molecule has 0 unspecified atom stereocenters. The van der Waals surface area contributed by atoms with Crippen molar-refractivity contribution in [2.75, 3.05) is 19.5 Å². The van der Waals surface area contributed by atoms with E-state index in [4.69, 9.17) is 21.1 Å². The number of hydrogen-bond acceptors (Lipinski definition) is 5. The molecule has 0 radical (unpaired) electrons. The van der Waals surface area contributed by atoms with Crippen molar-refractivity contribution in [2.24, 2.45) is 0 Å². The van der Waals surface area contributed by atoms with Gasteiger partial charge in [0, 0.05) is 18.2 Å². The van der Waals surface area contributed by atoms with E-state index in [1.807, 2.05) is 0 Å². The number of rotatable bonds is 6. The third-order valence-electron chi connectivity index (χ3n) is 3.85. The number of carbonyl (C=O) groups excluding carboxylic acids is 2. The number of halogens is 1. The average Bonchev–Trinajstić information content (AvgIpc) is 3.46. The fourth-order valence-electron chi connectivity index (χ4n) is 2.32. The van der Waals surface area contributed by atoms with Crippen LogP contribution in [0.5, 0.6) is 11.5 Å². The predicted octanol–water partition coefficient (Wildman–Crippen LogP) is 2.90. The minimum atomic E-state index is -0.478. The molecule has 0 spiro atoms. The highest BCUT2D eigenvalue weighted by atomic mass is 35.5. The van der Waals surface area contributed by atoms with Crippen molar-refractivity contribution in [2.45, 2.75) is 18.9 Å². The number of carbonyl (C=O) groups is 2. The standard InChI is InChI=1S/C18H18ClN3O4/c1-25-15-9-14(16(26-2)8-11(15)19)22-18(24)13-5-3-4-12(21-13)17(23)20-10-6-7-10/h3-5,8-10H,6-7H2,1-2H3,(H,20,23)(H,22,24). The maximum atomic E-state index is 12.5. The first-order valence-electron chi connectivity index (χ1n) is 8.02. The zero-order valence-corrected chi connectivity index (χ0v) is 15.1. The second-order valence-electron chi connectivity index (χ2n) is 5.80. The lowest BCUT2D eigenvalue weighted by Crippen LogP contribution is -2.27. The maximum Gasteiger partial charge on any atom is 0.274 e. The van der Waals surface area contributed by atoms with Crippen molar-refractivity contribution in [3.63, 3.8) is 0 Å². The molecular formula is C18H18ClN3O4. The number of methoxy groups -OCH3 is 2. The predicted molar refractivity (Wildman–Crippen MR) is 97.2 cm³/mol. The van der Waals surface area contributed by atoms with Crippen molar-refractivity contribution < 1.29 is 19.1 Å². The molecule has 0 aliphatic heterocycles. The Bertz CT molecular complexity index is 852. The van der Waals surface area contributed by atoms with Gasteiger partial charge in [0.25, 0.3) is 11.8 Å². The second kappa shape index (κ2) is 7.61. The van der Waals surface area contributed by atoms with E-state index in [0.29, 0.717) is 22.2 Å². The fourth-order valence-corrected chi connectivity index (χ4v) is 2.55. The van der Waals surface area contributed by atoms with Crippen LogP contribution in [-0.4, -0.2) is 37.1 Å². The average molecular weight is 376 g/mol. The van der Waals surface area contributed by atoms with Gasteiger partial charge in [-0.15, -0.1) is 0 Å². The van der Waals surface area contributed by atoms with E-state index in [0.717, 1.165) is 12.8 Å². The van der Waals surface area contributed by atoms with Crippen molar-refractivity contribution in [1.29, 1.82) is 0 Å². The summed E-state index contributed by atoms with van der Waals surface area (Å²) < 4.78 is 10.4. The minimum Gasteiger partial charge on any atom is -0.495 e. The molecule has 8 heteroatoms. The summed E-state index contributed by atoms with van der Waals surface area (Å²) in [6, 6.07) is 8.03. The van der Waals surface area contributed by atoms with Crippen molar-refractivity contribution >= 4 is 29.1 Å².